The van der Waals surface area contributed by atoms with Crippen LogP contribution in [-0.2, 0) is 11.4 Å². The first kappa shape index (κ1) is 29.4. The Labute approximate surface area is 257 Å². The van der Waals surface area contributed by atoms with Gasteiger partial charge >= 0.3 is 0 Å². The second-order valence-corrected chi connectivity index (χ2v) is 10.4. The first-order valence-corrected chi connectivity index (χ1v) is 13.7. The number of aromatic nitrogens is 3. The summed E-state index contributed by atoms with van der Waals surface area (Å²) in [6.07, 6.45) is 1.42. The third-order valence-electron chi connectivity index (χ3n) is 6.70. The molecule has 2 N–H and O–H groups in total. The van der Waals surface area contributed by atoms with Crippen LogP contribution in [0.2, 0.25) is 15.1 Å². The quantitative estimate of drug-likeness (QED) is 0.209. The molecule has 218 valence electrons. The predicted molar refractivity (Wildman–Crippen MR) is 161 cm³/mol. The number of hydrogen-bond donors (Lipinski definition) is 2. The molecule has 0 aliphatic carbocycles. The average molecular weight is 631 g/mol. The standard InChI is InChI=1S/C29H26Cl3N5O5/c1-15-26(28(38)36-21-12-23(39-2)20(32)11-24(21)40-3)27(37-29(35-15)33-14-34-37)16-8-9-22(25(10-16)41-4)42-13-17-18(30)6-5-7-19(17)31/h5-12,14,27H,13H2,1-4H3,(H,36,38)(H,33,34,35)/t27-/m0/s1. The second kappa shape index (κ2) is 12.4. The smallest absolute Gasteiger partial charge is 0.255 e. The van der Waals surface area contributed by atoms with E-state index in [9.17, 15) is 4.79 Å². The Balaban J connectivity index is 1.50. The van der Waals surface area contributed by atoms with Gasteiger partial charge in [0, 0.05) is 33.4 Å². The van der Waals surface area contributed by atoms with Crippen LogP contribution in [0, 0.1) is 0 Å². The Morgan fingerprint density at radius 1 is 0.929 bits per heavy atom. The highest BCUT2D eigenvalue weighted by Gasteiger charge is 2.34. The highest BCUT2D eigenvalue weighted by atomic mass is 35.5. The summed E-state index contributed by atoms with van der Waals surface area (Å²) < 4.78 is 24.1. The molecular weight excluding hydrogens is 605 g/mol. The zero-order valence-electron chi connectivity index (χ0n) is 23.0. The van der Waals surface area contributed by atoms with Crippen LogP contribution in [-0.4, -0.2) is 42.0 Å². The van der Waals surface area contributed by atoms with Gasteiger partial charge in [-0.1, -0.05) is 46.9 Å². The van der Waals surface area contributed by atoms with Gasteiger partial charge in [0.05, 0.1) is 37.6 Å². The molecule has 0 unspecified atom stereocenters. The van der Waals surface area contributed by atoms with Crippen molar-refractivity contribution in [3.8, 4) is 23.0 Å². The molecule has 3 aromatic carbocycles. The van der Waals surface area contributed by atoms with Crippen LogP contribution >= 0.6 is 34.8 Å². The topological polar surface area (TPSA) is 109 Å². The number of carbonyl (C=O) groups excluding carboxylic acids is 1. The minimum atomic E-state index is -0.662. The van der Waals surface area contributed by atoms with Crippen molar-refractivity contribution in [3.05, 3.63) is 92.3 Å². The molecule has 4 aromatic rings. The lowest BCUT2D eigenvalue weighted by Crippen LogP contribution is -2.31. The van der Waals surface area contributed by atoms with Gasteiger partial charge in [0.2, 0.25) is 5.95 Å². The summed E-state index contributed by atoms with van der Waals surface area (Å²) in [5, 5.41) is 11.8. The highest BCUT2D eigenvalue weighted by Crippen LogP contribution is 2.41. The van der Waals surface area contributed by atoms with E-state index in [-0.39, 0.29) is 6.61 Å². The number of halogens is 3. The first-order chi connectivity index (χ1) is 20.2. The number of rotatable bonds is 9. The van der Waals surface area contributed by atoms with Gasteiger partial charge in [-0.15, -0.1) is 0 Å². The second-order valence-electron chi connectivity index (χ2n) is 9.13. The molecule has 0 radical (unpaired) electrons. The van der Waals surface area contributed by atoms with Crippen molar-refractivity contribution < 1.29 is 23.7 Å². The Kier molecular flexibility index (Phi) is 8.67. The maximum Gasteiger partial charge on any atom is 0.255 e. The molecule has 0 fully saturated rings. The van der Waals surface area contributed by atoms with Crippen LogP contribution in [0.5, 0.6) is 23.0 Å². The van der Waals surface area contributed by atoms with Crippen molar-refractivity contribution in [2.45, 2.75) is 19.6 Å². The average Bonchev–Trinajstić information content (AvgIpc) is 3.44. The van der Waals surface area contributed by atoms with E-state index >= 15 is 0 Å². The van der Waals surface area contributed by atoms with E-state index in [0.717, 1.165) is 0 Å². The van der Waals surface area contributed by atoms with Gasteiger partial charge in [0.15, 0.2) is 11.5 Å². The largest absolute Gasteiger partial charge is 0.495 e. The number of benzene rings is 3. The number of nitrogens with zero attached hydrogens (tertiary/aromatic N) is 3. The molecule has 1 atom stereocenters. The number of ether oxygens (including phenoxy) is 4. The van der Waals surface area contributed by atoms with Gasteiger partial charge in [0.1, 0.15) is 30.5 Å². The molecule has 1 aliphatic heterocycles. The monoisotopic (exact) mass is 629 g/mol. The van der Waals surface area contributed by atoms with E-state index < -0.39 is 11.9 Å². The number of amides is 1. The minimum absolute atomic E-state index is 0.133. The Morgan fingerprint density at radius 2 is 1.64 bits per heavy atom. The van der Waals surface area contributed by atoms with Crippen LogP contribution in [0.15, 0.2) is 66.1 Å². The number of nitrogens with one attached hydrogen (secondary N) is 2. The van der Waals surface area contributed by atoms with Crippen molar-refractivity contribution >= 4 is 52.3 Å². The Morgan fingerprint density at radius 3 is 2.33 bits per heavy atom. The fraction of sp³-hybridized carbons (Fsp3) is 0.207. The zero-order valence-corrected chi connectivity index (χ0v) is 25.3. The molecule has 13 heteroatoms. The summed E-state index contributed by atoms with van der Waals surface area (Å²) >= 11 is 18.9. The summed E-state index contributed by atoms with van der Waals surface area (Å²) in [5.41, 5.74) is 2.72. The van der Waals surface area contributed by atoms with Crippen molar-refractivity contribution in [3.63, 3.8) is 0 Å². The van der Waals surface area contributed by atoms with Crippen molar-refractivity contribution in [1.82, 2.24) is 14.8 Å². The number of hydrogen-bond acceptors (Lipinski definition) is 8. The van der Waals surface area contributed by atoms with E-state index in [4.69, 9.17) is 53.8 Å². The molecule has 0 saturated heterocycles. The minimum Gasteiger partial charge on any atom is -0.495 e. The van der Waals surface area contributed by atoms with Gasteiger partial charge in [-0.3, -0.25) is 4.79 Å². The van der Waals surface area contributed by atoms with E-state index in [0.29, 0.717) is 72.1 Å². The van der Waals surface area contributed by atoms with E-state index in [1.807, 2.05) is 6.07 Å². The van der Waals surface area contributed by atoms with E-state index in [2.05, 4.69) is 20.7 Å². The molecule has 1 amide bonds. The molecule has 5 rings (SSSR count). The lowest BCUT2D eigenvalue weighted by molar-refractivity contribution is -0.113. The van der Waals surface area contributed by atoms with Crippen LogP contribution < -0.4 is 29.6 Å². The molecule has 42 heavy (non-hydrogen) atoms. The molecule has 10 nitrogen and oxygen atoms in total. The van der Waals surface area contributed by atoms with Gasteiger partial charge < -0.3 is 29.6 Å². The number of fused-ring (bicyclic) bond motifs is 1. The molecule has 0 bridgehead atoms. The zero-order chi connectivity index (χ0) is 30.0. The molecule has 0 spiro atoms. The predicted octanol–water partition coefficient (Wildman–Crippen LogP) is 6.77. The Hall–Kier alpha value is -4.12. The van der Waals surface area contributed by atoms with Gasteiger partial charge in [-0.25, -0.2) is 4.68 Å². The van der Waals surface area contributed by atoms with Crippen molar-refractivity contribution in [2.24, 2.45) is 0 Å². The molecule has 0 saturated carbocycles. The highest BCUT2D eigenvalue weighted by molar-refractivity contribution is 6.36. The third kappa shape index (κ3) is 5.65. The van der Waals surface area contributed by atoms with Crippen LogP contribution in [0.25, 0.3) is 0 Å². The summed E-state index contributed by atoms with van der Waals surface area (Å²) in [5.74, 6) is 1.74. The summed E-state index contributed by atoms with van der Waals surface area (Å²) in [6, 6.07) is 13.2. The third-order valence-corrected chi connectivity index (χ3v) is 7.70. The lowest BCUT2D eigenvalue weighted by Gasteiger charge is -2.29. The Bertz CT molecular complexity index is 1670. The molecule has 1 aromatic heterocycles. The molecule has 1 aliphatic rings. The van der Waals surface area contributed by atoms with Gasteiger partial charge in [-0.2, -0.15) is 10.1 Å². The van der Waals surface area contributed by atoms with Crippen molar-refractivity contribution in [1.29, 1.82) is 0 Å². The molecular formula is C29H26Cl3N5O5. The SMILES string of the molecule is COc1cc(NC(=O)C2=C(C)Nc3ncnn3[C@H]2c2ccc(OCc3c(Cl)cccc3Cl)c(OC)c2)c(OC)cc1Cl. The first-order valence-electron chi connectivity index (χ1n) is 12.6. The van der Waals surface area contributed by atoms with Crippen LogP contribution in [0.1, 0.15) is 24.1 Å². The van der Waals surface area contributed by atoms with Crippen LogP contribution in [0.4, 0.5) is 11.6 Å². The van der Waals surface area contributed by atoms with Crippen molar-refractivity contribution in [2.75, 3.05) is 32.0 Å². The number of carbonyl (C=O) groups is 1. The molecule has 2 heterocycles. The number of allylic oxidation sites excluding steroid dienone is 1. The maximum absolute atomic E-state index is 13.9. The lowest BCUT2D eigenvalue weighted by atomic mass is 9.94. The maximum atomic E-state index is 13.9. The summed E-state index contributed by atoms with van der Waals surface area (Å²) in [6.45, 7) is 1.93. The normalized spacial score (nSPS) is 14.1. The fourth-order valence-corrected chi connectivity index (χ4v) is 5.37. The van der Waals surface area contributed by atoms with E-state index in [1.54, 1.807) is 54.1 Å². The van der Waals surface area contributed by atoms with Crippen LogP contribution in [0.3, 0.4) is 0 Å². The van der Waals surface area contributed by atoms with Gasteiger partial charge in [-0.05, 0) is 36.8 Å². The summed E-state index contributed by atoms with van der Waals surface area (Å²) in [4.78, 5) is 18.2. The number of anilines is 2. The summed E-state index contributed by atoms with van der Waals surface area (Å²) in [7, 11) is 4.51. The van der Waals surface area contributed by atoms with E-state index in [1.165, 1.54) is 27.7 Å². The fourth-order valence-electron chi connectivity index (χ4n) is 4.63. The van der Waals surface area contributed by atoms with Gasteiger partial charge in [0.25, 0.3) is 5.91 Å². The number of methoxy groups -OCH3 is 3.